The van der Waals surface area contributed by atoms with E-state index in [1.807, 2.05) is 6.92 Å². The van der Waals surface area contributed by atoms with E-state index in [4.69, 9.17) is 14.2 Å². The summed E-state index contributed by atoms with van der Waals surface area (Å²) >= 11 is 1.13. The molecule has 0 aliphatic carbocycles. The van der Waals surface area contributed by atoms with Crippen molar-refractivity contribution in [1.82, 2.24) is 9.55 Å². The second kappa shape index (κ2) is 11.5. The molecule has 0 aliphatic heterocycles. The number of methoxy groups -OCH3 is 2. The zero-order valence-corrected chi connectivity index (χ0v) is 19.4. The predicted molar refractivity (Wildman–Crippen MR) is 126 cm³/mol. The van der Waals surface area contributed by atoms with Crippen LogP contribution in [0.1, 0.15) is 17.3 Å². The molecule has 10 heteroatoms. The topological polar surface area (TPSA) is 109 Å². The van der Waals surface area contributed by atoms with Gasteiger partial charge in [-0.2, -0.15) is 0 Å². The number of carbonyl (C=O) groups is 2. The first-order valence-electron chi connectivity index (χ1n) is 10.2. The van der Waals surface area contributed by atoms with Crippen LogP contribution in [0.2, 0.25) is 0 Å². The van der Waals surface area contributed by atoms with E-state index in [-0.39, 0.29) is 29.3 Å². The minimum absolute atomic E-state index is 0.0365. The lowest BCUT2D eigenvalue weighted by Crippen LogP contribution is -2.26. The standard InChI is InChI=1S/C23H25N3O6S/c1-4-32-17-8-6-16(7-9-17)24-20(27)14-33-23-25-19-13-15(22(29)31-3)5-10-18(19)21(28)26(23)11-12-30-2/h5-10,13H,4,11-12,14H2,1-3H3,(H,24,27). The number of esters is 1. The molecule has 3 aromatic rings. The van der Waals surface area contributed by atoms with Gasteiger partial charge in [0.1, 0.15) is 5.75 Å². The van der Waals surface area contributed by atoms with Crippen LogP contribution in [0.4, 0.5) is 5.69 Å². The van der Waals surface area contributed by atoms with Gasteiger partial charge >= 0.3 is 5.97 Å². The summed E-state index contributed by atoms with van der Waals surface area (Å²) in [6.07, 6.45) is 0. The first kappa shape index (κ1) is 24.3. The maximum absolute atomic E-state index is 13.1. The average Bonchev–Trinajstić information content (AvgIpc) is 2.83. The fourth-order valence-electron chi connectivity index (χ4n) is 3.06. The van der Waals surface area contributed by atoms with Gasteiger partial charge in [-0.05, 0) is 49.4 Å². The van der Waals surface area contributed by atoms with Crippen molar-refractivity contribution in [2.75, 3.05) is 38.5 Å². The van der Waals surface area contributed by atoms with Gasteiger partial charge in [0.25, 0.3) is 5.56 Å². The van der Waals surface area contributed by atoms with Crippen molar-refractivity contribution in [2.45, 2.75) is 18.6 Å². The van der Waals surface area contributed by atoms with E-state index in [1.165, 1.54) is 23.8 Å². The number of fused-ring (bicyclic) bond motifs is 1. The molecule has 1 amide bonds. The number of amides is 1. The van der Waals surface area contributed by atoms with Crippen molar-refractivity contribution in [2.24, 2.45) is 0 Å². The van der Waals surface area contributed by atoms with Crippen LogP contribution in [0.5, 0.6) is 5.75 Å². The fourth-order valence-corrected chi connectivity index (χ4v) is 3.89. The molecule has 2 aromatic carbocycles. The van der Waals surface area contributed by atoms with Crippen molar-refractivity contribution in [3.05, 3.63) is 58.4 Å². The zero-order valence-electron chi connectivity index (χ0n) is 18.6. The number of aromatic nitrogens is 2. The van der Waals surface area contributed by atoms with Gasteiger partial charge in [0.15, 0.2) is 5.16 Å². The Hall–Kier alpha value is -3.37. The quantitative estimate of drug-likeness (QED) is 0.273. The molecule has 174 valence electrons. The van der Waals surface area contributed by atoms with E-state index in [9.17, 15) is 14.4 Å². The van der Waals surface area contributed by atoms with Crippen molar-refractivity contribution in [3.63, 3.8) is 0 Å². The molecular weight excluding hydrogens is 446 g/mol. The molecule has 0 aliphatic rings. The Morgan fingerprint density at radius 3 is 2.55 bits per heavy atom. The van der Waals surface area contributed by atoms with Gasteiger partial charge in [0.05, 0.1) is 49.1 Å². The fraction of sp³-hybridized carbons (Fsp3) is 0.304. The maximum atomic E-state index is 13.1. The third kappa shape index (κ3) is 6.11. The number of rotatable bonds is 10. The Bertz CT molecular complexity index is 1190. The smallest absolute Gasteiger partial charge is 0.337 e. The molecule has 0 spiro atoms. The van der Waals surface area contributed by atoms with Crippen molar-refractivity contribution in [1.29, 1.82) is 0 Å². The molecule has 0 radical (unpaired) electrons. The zero-order chi connectivity index (χ0) is 23.8. The molecule has 0 atom stereocenters. The highest BCUT2D eigenvalue weighted by Crippen LogP contribution is 2.21. The van der Waals surface area contributed by atoms with Crippen LogP contribution in [0.15, 0.2) is 52.4 Å². The van der Waals surface area contributed by atoms with Crippen LogP contribution in [0, 0.1) is 0 Å². The SMILES string of the molecule is CCOc1ccc(NC(=O)CSc2nc3cc(C(=O)OC)ccc3c(=O)n2CCOC)cc1. The predicted octanol–water partition coefficient (Wildman–Crippen LogP) is 2.96. The van der Waals surface area contributed by atoms with Crippen molar-refractivity contribution in [3.8, 4) is 5.75 Å². The normalized spacial score (nSPS) is 10.8. The van der Waals surface area contributed by atoms with Crippen LogP contribution < -0.4 is 15.6 Å². The van der Waals surface area contributed by atoms with E-state index in [0.29, 0.717) is 35.0 Å². The summed E-state index contributed by atoms with van der Waals surface area (Å²) in [5, 5.41) is 3.53. The monoisotopic (exact) mass is 471 g/mol. The minimum Gasteiger partial charge on any atom is -0.494 e. The Labute approximate surface area is 195 Å². The Kier molecular flexibility index (Phi) is 8.45. The second-order valence-corrected chi connectivity index (χ2v) is 7.80. The number of thioether (sulfide) groups is 1. The number of hydrogen-bond donors (Lipinski definition) is 1. The summed E-state index contributed by atoms with van der Waals surface area (Å²) in [4.78, 5) is 41.9. The van der Waals surface area contributed by atoms with Crippen molar-refractivity contribution >= 4 is 40.2 Å². The summed E-state index contributed by atoms with van der Waals surface area (Å²) in [6.45, 7) is 3.04. The van der Waals surface area contributed by atoms with E-state index in [1.54, 1.807) is 37.4 Å². The van der Waals surface area contributed by atoms with Gasteiger partial charge in [-0.1, -0.05) is 11.8 Å². The van der Waals surface area contributed by atoms with Crippen molar-refractivity contribution < 1.29 is 23.8 Å². The summed E-state index contributed by atoms with van der Waals surface area (Å²) in [5.41, 5.74) is 1.000. The van der Waals surface area contributed by atoms with Crippen LogP contribution in [-0.2, 0) is 20.8 Å². The lowest BCUT2D eigenvalue weighted by Gasteiger charge is -2.13. The summed E-state index contributed by atoms with van der Waals surface area (Å²) < 4.78 is 16.7. The van der Waals surface area contributed by atoms with E-state index >= 15 is 0 Å². The number of nitrogens with zero attached hydrogens (tertiary/aromatic N) is 2. The Morgan fingerprint density at radius 2 is 1.88 bits per heavy atom. The Balaban J connectivity index is 1.82. The molecule has 9 nitrogen and oxygen atoms in total. The lowest BCUT2D eigenvalue weighted by atomic mass is 10.1. The molecule has 0 fully saturated rings. The first-order valence-corrected chi connectivity index (χ1v) is 11.2. The van der Waals surface area contributed by atoms with Gasteiger partial charge in [-0.15, -0.1) is 0 Å². The average molecular weight is 472 g/mol. The highest BCUT2D eigenvalue weighted by molar-refractivity contribution is 7.99. The highest BCUT2D eigenvalue weighted by atomic mass is 32.2. The van der Waals surface area contributed by atoms with Gasteiger partial charge in [-0.3, -0.25) is 14.2 Å². The van der Waals surface area contributed by atoms with Crippen LogP contribution in [-0.4, -0.2) is 54.6 Å². The van der Waals surface area contributed by atoms with Crippen LogP contribution >= 0.6 is 11.8 Å². The summed E-state index contributed by atoms with van der Waals surface area (Å²) in [6, 6.07) is 11.6. The molecule has 1 heterocycles. The number of hydrogen-bond acceptors (Lipinski definition) is 8. The summed E-state index contributed by atoms with van der Waals surface area (Å²) in [7, 11) is 2.83. The molecule has 0 saturated heterocycles. The third-order valence-electron chi connectivity index (χ3n) is 4.64. The lowest BCUT2D eigenvalue weighted by molar-refractivity contribution is -0.113. The number of carbonyl (C=O) groups excluding carboxylic acids is 2. The number of anilines is 1. The summed E-state index contributed by atoms with van der Waals surface area (Å²) in [5.74, 6) is -0.0144. The van der Waals surface area contributed by atoms with Crippen LogP contribution in [0.3, 0.4) is 0 Å². The van der Waals surface area contributed by atoms with Gasteiger partial charge in [0.2, 0.25) is 5.91 Å². The molecule has 0 unspecified atom stereocenters. The second-order valence-electron chi connectivity index (χ2n) is 6.86. The number of benzene rings is 2. The maximum Gasteiger partial charge on any atom is 0.337 e. The number of ether oxygens (including phenoxy) is 3. The largest absolute Gasteiger partial charge is 0.494 e. The molecule has 3 rings (SSSR count). The molecule has 0 bridgehead atoms. The first-order chi connectivity index (χ1) is 16.0. The minimum atomic E-state index is -0.522. The Morgan fingerprint density at radius 1 is 1.12 bits per heavy atom. The third-order valence-corrected chi connectivity index (χ3v) is 5.62. The van der Waals surface area contributed by atoms with Gasteiger partial charge < -0.3 is 19.5 Å². The van der Waals surface area contributed by atoms with Crippen LogP contribution in [0.25, 0.3) is 10.9 Å². The van der Waals surface area contributed by atoms with E-state index in [0.717, 1.165) is 17.5 Å². The van der Waals surface area contributed by atoms with Gasteiger partial charge in [0, 0.05) is 12.8 Å². The van der Waals surface area contributed by atoms with E-state index in [2.05, 4.69) is 10.3 Å². The molecule has 33 heavy (non-hydrogen) atoms. The molecule has 1 N–H and O–H groups in total. The number of nitrogens with one attached hydrogen (secondary N) is 1. The molecule has 0 saturated carbocycles. The molecule has 1 aromatic heterocycles. The molecular formula is C23H25N3O6S. The van der Waals surface area contributed by atoms with E-state index < -0.39 is 5.97 Å². The van der Waals surface area contributed by atoms with Gasteiger partial charge in [-0.25, -0.2) is 9.78 Å². The highest BCUT2D eigenvalue weighted by Gasteiger charge is 2.15.